The Balaban J connectivity index is 1.18. The normalized spacial score (nSPS) is 13.5. The van der Waals surface area contributed by atoms with E-state index in [4.69, 9.17) is 21.1 Å². The van der Waals surface area contributed by atoms with Gasteiger partial charge in [-0.1, -0.05) is 17.7 Å². The summed E-state index contributed by atoms with van der Waals surface area (Å²) >= 11 is 6.13. The molecular formula is C27H25ClFN7O2. The number of ether oxygens (including phenoxy) is 2. The summed E-state index contributed by atoms with van der Waals surface area (Å²) in [5.41, 5.74) is 6.01. The number of aryl methyl sites for hydroxylation is 1. The molecule has 11 heteroatoms. The summed E-state index contributed by atoms with van der Waals surface area (Å²) in [6.07, 6.45) is 4.36. The molecule has 0 atom stereocenters. The fraction of sp³-hybridized carbons (Fsp3) is 0.185. The molecule has 1 aliphatic heterocycles. The van der Waals surface area contributed by atoms with E-state index in [9.17, 15) is 4.39 Å². The van der Waals surface area contributed by atoms with Gasteiger partial charge in [0, 0.05) is 29.9 Å². The molecule has 0 aliphatic carbocycles. The number of anilines is 4. The van der Waals surface area contributed by atoms with Crippen LogP contribution < -0.4 is 20.4 Å². The molecule has 1 saturated heterocycles. The van der Waals surface area contributed by atoms with E-state index in [-0.39, 0.29) is 11.8 Å². The Morgan fingerprint density at radius 1 is 1.03 bits per heavy atom. The van der Waals surface area contributed by atoms with Crippen molar-refractivity contribution in [2.24, 2.45) is 5.10 Å². The minimum atomic E-state index is -0.483. The van der Waals surface area contributed by atoms with Crippen LogP contribution in [0.3, 0.4) is 0 Å². The molecule has 1 aliphatic rings. The van der Waals surface area contributed by atoms with E-state index in [1.807, 2.05) is 60.4 Å². The zero-order valence-electron chi connectivity index (χ0n) is 20.6. The molecule has 0 amide bonds. The van der Waals surface area contributed by atoms with Crippen molar-refractivity contribution in [2.75, 3.05) is 41.9 Å². The van der Waals surface area contributed by atoms with E-state index in [0.717, 1.165) is 23.1 Å². The van der Waals surface area contributed by atoms with E-state index in [1.165, 1.54) is 6.21 Å². The van der Waals surface area contributed by atoms with Gasteiger partial charge in [-0.3, -0.25) is 4.98 Å². The quantitative estimate of drug-likeness (QED) is 0.217. The summed E-state index contributed by atoms with van der Waals surface area (Å²) in [6, 6.07) is 16.9. The van der Waals surface area contributed by atoms with Gasteiger partial charge in [-0.25, -0.2) is 14.8 Å². The van der Waals surface area contributed by atoms with E-state index in [2.05, 4.69) is 30.8 Å². The summed E-state index contributed by atoms with van der Waals surface area (Å²) in [5.74, 6) is 1.29. The van der Waals surface area contributed by atoms with Gasteiger partial charge in [-0.2, -0.15) is 10.1 Å². The van der Waals surface area contributed by atoms with Crippen molar-refractivity contribution in [3.63, 3.8) is 0 Å². The lowest BCUT2D eigenvalue weighted by molar-refractivity contribution is 0.122. The summed E-state index contributed by atoms with van der Waals surface area (Å²) in [7, 11) is 0. The SMILES string of the molecule is Cc1cc(Cl)cc(Oc2cccc(Nc3ccc(/C=N/Nc4ncc(F)c(N5CCOCC5)n4)nc3)c2)c1. The molecule has 38 heavy (non-hydrogen) atoms. The number of rotatable bonds is 8. The highest BCUT2D eigenvalue weighted by molar-refractivity contribution is 6.30. The minimum Gasteiger partial charge on any atom is -0.457 e. The van der Waals surface area contributed by atoms with Gasteiger partial charge in [-0.05, 0) is 55.0 Å². The number of hydrogen-bond acceptors (Lipinski definition) is 9. The van der Waals surface area contributed by atoms with Crippen molar-refractivity contribution >= 4 is 41.0 Å². The number of pyridine rings is 1. The monoisotopic (exact) mass is 533 g/mol. The van der Waals surface area contributed by atoms with Crippen LogP contribution in [-0.2, 0) is 4.74 Å². The molecule has 1 fully saturated rings. The number of nitrogens with one attached hydrogen (secondary N) is 2. The average molecular weight is 534 g/mol. The third-order valence-corrected chi connectivity index (χ3v) is 5.78. The van der Waals surface area contributed by atoms with Crippen LogP contribution in [0.5, 0.6) is 11.5 Å². The number of morpholine rings is 1. The van der Waals surface area contributed by atoms with E-state index < -0.39 is 5.82 Å². The second kappa shape index (κ2) is 11.8. The van der Waals surface area contributed by atoms with Gasteiger partial charge in [0.2, 0.25) is 5.95 Å². The summed E-state index contributed by atoms with van der Waals surface area (Å²) in [5, 5.41) is 8.06. The van der Waals surface area contributed by atoms with Gasteiger partial charge in [0.15, 0.2) is 11.6 Å². The molecule has 194 valence electrons. The van der Waals surface area contributed by atoms with Crippen LogP contribution >= 0.6 is 11.6 Å². The third-order valence-electron chi connectivity index (χ3n) is 5.56. The fourth-order valence-electron chi connectivity index (χ4n) is 3.82. The zero-order chi connectivity index (χ0) is 26.3. The van der Waals surface area contributed by atoms with Gasteiger partial charge < -0.3 is 19.7 Å². The fourth-order valence-corrected chi connectivity index (χ4v) is 4.10. The molecular weight excluding hydrogens is 509 g/mol. The highest BCUT2D eigenvalue weighted by Crippen LogP contribution is 2.28. The van der Waals surface area contributed by atoms with Gasteiger partial charge >= 0.3 is 0 Å². The third kappa shape index (κ3) is 6.72. The molecule has 2 aromatic heterocycles. The van der Waals surface area contributed by atoms with E-state index in [1.54, 1.807) is 12.3 Å². The van der Waals surface area contributed by atoms with Crippen LogP contribution in [0.15, 0.2) is 72.1 Å². The Hall–Kier alpha value is -4.28. The molecule has 0 radical (unpaired) electrons. The van der Waals surface area contributed by atoms with Crippen LogP contribution in [0.4, 0.5) is 27.5 Å². The van der Waals surface area contributed by atoms with Crippen molar-refractivity contribution in [1.29, 1.82) is 0 Å². The topological polar surface area (TPSA) is 96.8 Å². The molecule has 0 bridgehead atoms. The van der Waals surface area contributed by atoms with Crippen molar-refractivity contribution < 1.29 is 13.9 Å². The number of aromatic nitrogens is 3. The Morgan fingerprint density at radius 2 is 1.89 bits per heavy atom. The Bertz CT molecular complexity index is 1410. The van der Waals surface area contributed by atoms with Crippen LogP contribution in [0, 0.1) is 12.7 Å². The van der Waals surface area contributed by atoms with Crippen LogP contribution in [-0.4, -0.2) is 47.5 Å². The first kappa shape index (κ1) is 25.4. The molecule has 0 spiro atoms. The highest BCUT2D eigenvalue weighted by Gasteiger charge is 2.17. The zero-order valence-corrected chi connectivity index (χ0v) is 21.3. The first-order valence-electron chi connectivity index (χ1n) is 11.9. The van der Waals surface area contributed by atoms with E-state index >= 15 is 0 Å². The largest absolute Gasteiger partial charge is 0.457 e. The second-order valence-corrected chi connectivity index (χ2v) is 8.96. The number of nitrogens with zero attached hydrogens (tertiary/aromatic N) is 5. The van der Waals surface area contributed by atoms with Crippen molar-refractivity contribution in [3.8, 4) is 11.5 Å². The number of hydrogen-bond donors (Lipinski definition) is 2. The lowest BCUT2D eigenvalue weighted by atomic mass is 10.2. The van der Waals surface area contributed by atoms with Crippen LogP contribution in [0.1, 0.15) is 11.3 Å². The van der Waals surface area contributed by atoms with Crippen LogP contribution in [0.25, 0.3) is 0 Å². The van der Waals surface area contributed by atoms with Gasteiger partial charge in [0.05, 0.1) is 43.2 Å². The lowest BCUT2D eigenvalue weighted by Crippen LogP contribution is -2.37. The predicted molar refractivity (Wildman–Crippen MR) is 146 cm³/mol. The van der Waals surface area contributed by atoms with Gasteiger partial charge in [0.25, 0.3) is 0 Å². The maximum Gasteiger partial charge on any atom is 0.245 e. The summed E-state index contributed by atoms with van der Waals surface area (Å²) < 4.78 is 25.5. The minimum absolute atomic E-state index is 0.192. The second-order valence-electron chi connectivity index (χ2n) is 8.53. The number of halogens is 2. The van der Waals surface area contributed by atoms with Gasteiger partial charge in [0.1, 0.15) is 11.5 Å². The standard InChI is InChI=1S/C27H25ClFN7O2/c1-18-11-19(28)13-24(12-18)38-23-4-2-3-20(14-23)33-22-6-5-21(30-15-22)16-32-35-27-31-17-25(29)26(34-27)36-7-9-37-10-8-36/h2-6,11-17,33H,7-10H2,1H3,(H,31,34,35)/b32-16+. The first-order valence-corrected chi connectivity index (χ1v) is 12.3. The summed E-state index contributed by atoms with van der Waals surface area (Å²) in [6.45, 7) is 4.17. The molecule has 0 saturated carbocycles. The highest BCUT2D eigenvalue weighted by atomic mass is 35.5. The molecule has 0 unspecified atom stereocenters. The maximum absolute atomic E-state index is 14.2. The Morgan fingerprint density at radius 3 is 2.68 bits per heavy atom. The molecule has 4 aromatic rings. The molecule has 9 nitrogen and oxygen atoms in total. The van der Waals surface area contributed by atoms with Crippen molar-refractivity contribution in [3.05, 3.63) is 89.1 Å². The molecule has 5 rings (SSSR count). The number of benzene rings is 2. The van der Waals surface area contributed by atoms with Crippen LogP contribution in [0.2, 0.25) is 5.02 Å². The lowest BCUT2D eigenvalue weighted by Gasteiger charge is -2.27. The Kier molecular flexibility index (Phi) is 7.91. The van der Waals surface area contributed by atoms with Crippen molar-refractivity contribution in [2.45, 2.75) is 6.92 Å². The summed E-state index contributed by atoms with van der Waals surface area (Å²) in [4.78, 5) is 14.4. The number of hydrazone groups is 1. The molecule has 2 aromatic carbocycles. The van der Waals surface area contributed by atoms with Crippen molar-refractivity contribution in [1.82, 2.24) is 15.0 Å². The first-order chi connectivity index (χ1) is 18.5. The maximum atomic E-state index is 14.2. The Labute approximate surface area is 224 Å². The smallest absolute Gasteiger partial charge is 0.245 e. The average Bonchev–Trinajstić information content (AvgIpc) is 2.91. The predicted octanol–water partition coefficient (Wildman–Crippen LogP) is 5.79. The van der Waals surface area contributed by atoms with Gasteiger partial charge in [-0.15, -0.1) is 0 Å². The molecule has 3 heterocycles. The van der Waals surface area contributed by atoms with E-state index in [0.29, 0.717) is 48.5 Å². The molecule has 2 N–H and O–H groups in total.